The van der Waals surface area contributed by atoms with Gasteiger partial charge in [0.2, 0.25) is 0 Å². The molecule has 6 heteroatoms. The summed E-state index contributed by atoms with van der Waals surface area (Å²) in [6.45, 7) is 0. The first kappa shape index (κ1) is 13.8. The van der Waals surface area contributed by atoms with Gasteiger partial charge in [0.1, 0.15) is 5.75 Å². The van der Waals surface area contributed by atoms with Crippen molar-refractivity contribution in [1.82, 2.24) is 0 Å². The molecule has 0 aliphatic heterocycles. The van der Waals surface area contributed by atoms with E-state index in [1.54, 1.807) is 0 Å². The first-order valence-electron chi connectivity index (χ1n) is 5.72. The largest absolute Gasteiger partial charge is 0.495 e. The van der Waals surface area contributed by atoms with Gasteiger partial charge in [0.05, 0.1) is 18.5 Å². The van der Waals surface area contributed by atoms with Gasteiger partial charge in [0.25, 0.3) is 5.91 Å². The van der Waals surface area contributed by atoms with Crippen LogP contribution in [0.2, 0.25) is 0 Å². The Balaban J connectivity index is 2.24. The summed E-state index contributed by atoms with van der Waals surface area (Å²) in [5, 5.41) is 2.28. The van der Waals surface area contributed by atoms with E-state index in [0.29, 0.717) is 5.75 Å². The molecule has 0 fully saturated rings. The van der Waals surface area contributed by atoms with Crippen LogP contribution in [0.3, 0.4) is 0 Å². The van der Waals surface area contributed by atoms with Gasteiger partial charge in [-0.25, -0.2) is 8.78 Å². The highest BCUT2D eigenvalue weighted by molar-refractivity contribution is 6.05. The standard InChI is InChI=1S/C14H12F2N2O2/c1-20-12-6-5-8(7-10(12)17)14(19)18-11-4-2-3-9(15)13(11)16/h2-7H,17H2,1H3,(H,18,19). The number of amides is 1. The molecule has 1 amide bonds. The highest BCUT2D eigenvalue weighted by Crippen LogP contribution is 2.23. The molecule has 0 bridgehead atoms. The Kier molecular flexibility index (Phi) is 3.84. The molecule has 0 saturated heterocycles. The summed E-state index contributed by atoms with van der Waals surface area (Å²) in [5.41, 5.74) is 5.94. The molecule has 2 aromatic carbocycles. The van der Waals surface area contributed by atoms with E-state index < -0.39 is 17.5 Å². The monoisotopic (exact) mass is 278 g/mol. The SMILES string of the molecule is COc1ccc(C(=O)Nc2cccc(F)c2F)cc1N. The van der Waals surface area contributed by atoms with Gasteiger partial charge >= 0.3 is 0 Å². The molecular weight excluding hydrogens is 266 g/mol. The fourth-order valence-corrected chi connectivity index (χ4v) is 1.67. The molecule has 0 saturated carbocycles. The number of halogens is 2. The molecule has 104 valence electrons. The van der Waals surface area contributed by atoms with Gasteiger partial charge in [0, 0.05) is 5.56 Å². The molecule has 0 unspecified atom stereocenters. The van der Waals surface area contributed by atoms with Crippen molar-refractivity contribution in [3.63, 3.8) is 0 Å². The van der Waals surface area contributed by atoms with Gasteiger partial charge < -0.3 is 15.8 Å². The number of ether oxygens (including phenoxy) is 1. The van der Waals surface area contributed by atoms with Crippen molar-refractivity contribution < 1.29 is 18.3 Å². The number of hydrogen-bond donors (Lipinski definition) is 2. The molecule has 0 radical (unpaired) electrons. The normalized spacial score (nSPS) is 10.2. The minimum absolute atomic E-state index is 0.215. The van der Waals surface area contributed by atoms with Crippen LogP contribution in [0.15, 0.2) is 36.4 Å². The number of methoxy groups -OCH3 is 1. The summed E-state index contributed by atoms with van der Waals surface area (Å²) in [5.74, 6) is -2.30. The van der Waals surface area contributed by atoms with E-state index in [1.165, 1.54) is 37.4 Å². The number of carbonyl (C=O) groups excluding carboxylic acids is 1. The van der Waals surface area contributed by atoms with Crippen LogP contribution in [-0.4, -0.2) is 13.0 Å². The minimum Gasteiger partial charge on any atom is -0.495 e. The van der Waals surface area contributed by atoms with Gasteiger partial charge in [-0.3, -0.25) is 4.79 Å². The summed E-state index contributed by atoms with van der Waals surface area (Å²) in [4.78, 5) is 11.9. The van der Waals surface area contributed by atoms with E-state index in [1.807, 2.05) is 0 Å². The Morgan fingerprint density at radius 3 is 2.65 bits per heavy atom. The Morgan fingerprint density at radius 2 is 2.00 bits per heavy atom. The predicted octanol–water partition coefficient (Wildman–Crippen LogP) is 2.81. The van der Waals surface area contributed by atoms with Crippen LogP contribution in [0.4, 0.5) is 20.2 Å². The van der Waals surface area contributed by atoms with E-state index in [4.69, 9.17) is 10.5 Å². The second kappa shape index (κ2) is 5.56. The average Bonchev–Trinajstić information content (AvgIpc) is 2.43. The highest BCUT2D eigenvalue weighted by atomic mass is 19.2. The zero-order chi connectivity index (χ0) is 14.7. The van der Waals surface area contributed by atoms with Gasteiger partial charge in [-0.15, -0.1) is 0 Å². The first-order chi connectivity index (χ1) is 9.52. The molecule has 0 spiro atoms. The minimum atomic E-state index is -1.11. The molecule has 0 aromatic heterocycles. The van der Waals surface area contributed by atoms with Crippen molar-refractivity contribution in [1.29, 1.82) is 0 Å². The lowest BCUT2D eigenvalue weighted by Gasteiger charge is -2.09. The lowest BCUT2D eigenvalue weighted by atomic mass is 10.1. The van der Waals surface area contributed by atoms with Crippen LogP contribution >= 0.6 is 0 Å². The molecule has 4 nitrogen and oxygen atoms in total. The summed E-state index contributed by atoms with van der Waals surface area (Å²) in [7, 11) is 1.45. The molecule has 0 aliphatic rings. The number of nitrogen functional groups attached to an aromatic ring is 1. The first-order valence-corrected chi connectivity index (χ1v) is 5.72. The van der Waals surface area contributed by atoms with E-state index in [9.17, 15) is 13.6 Å². The average molecular weight is 278 g/mol. The smallest absolute Gasteiger partial charge is 0.255 e. The summed E-state index contributed by atoms with van der Waals surface area (Å²) < 4.78 is 31.4. The Morgan fingerprint density at radius 1 is 1.25 bits per heavy atom. The van der Waals surface area contributed by atoms with Crippen molar-refractivity contribution in [2.24, 2.45) is 0 Å². The second-order valence-corrected chi connectivity index (χ2v) is 4.01. The van der Waals surface area contributed by atoms with E-state index in [2.05, 4.69) is 5.32 Å². The lowest BCUT2D eigenvalue weighted by molar-refractivity contribution is 0.102. The number of carbonyl (C=O) groups is 1. The van der Waals surface area contributed by atoms with Gasteiger partial charge in [-0.1, -0.05) is 6.07 Å². The van der Waals surface area contributed by atoms with Crippen LogP contribution in [0.5, 0.6) is 5.75 Å². The number of nitrogens with one attached hydrogen (secondary N) is 1. The predicted molar refractivity (Wildman–Crippen MR) is 71.7 cm³/mol. The van der Waals surface area contributed by atoms with Gasteiger partial charge in [-0.2, -0.15) is 0 Å². The van der Waals surface area contributed by atoms with Crippen LogP contribution in [-0.2, 0) is 0 Å². The van der Waals surface area contributed by atoms with Crippen molar-refractivity contribution in [2.75, 3.05) is 18.2 Å². The van der Waals surface area contributed by atoms with Crippen molar-refractivity contribution in [3.05, 3.63) is 53.6 Å². The number of anilines is 2. The zero-order valence-corrected chi connectivity index (χ0v) is 10.6. The summed E-state index contributed by atoms with van der Waals surface area (Å²) in [6, 6.07) is 7.93. The molecule has 3 N–H and O–H groups in total. The highest BCUT2D eigenvalue weighted by Gasteiger charge is 2.13. The van der Waals surface area contributed by atoms with Crippen molar-refractivity contribution in [2.45, 2.75) is 0 Å². The third-order valence-electron chi connectivity index (χ3n) is 2.69. The fraction of sp³-hybridized carbons (Fsp3) is 0.0714. The van der Waals surface area contributed by atoms with Crippen LogP contribution in [0, 0.1) is 11.6 Å². The molecule has 0 atom stereocenters. The molecule has 0 aliphatic carbocycles. The van der Waals surface area contributed by atoms with Gasteiger partial charge in [0.15, 0.2) is 11.6 Å². The third kappa shape index (κ3) is 2.69. The van der Waals surface area contributed by atoms with Gasteiger partial charge in [-0.05, 0) is 30.3 Å². The Bertz CT molecular complexity index is 660. The Labute approximate surface area is 114 Å². The quantitative estimate of drug-likeness (QED) is 0.848. The number of nitrogens with two attached hydrogens (primary N) is 1. The molecule has 2 aromatic rings. The maximum absolute atomic E-state index is 13.4. The van der Waals surface area contributed by atoms with E-state index in [-0.39, 0.29) is 16.9 Å². The molecular formula is C14H12F2N2O2. The number of benzene rings is 2. The molecule has 2 rings (SSSR count). The summed E-state index contributed by atoms with van der Waals surface area (Å²) >= 11 is 0. The third-order valence-corrected chi connectivity index (χ3v) is 2.69. The Hall–Kier alpha value is -2.63. The van der Waals surface area contributed by atoms with Crippen molar-refractivity contribution in [3.8, 4) is 5.75 Å². The molecule has 20 heavy (non-hydrogen) atoms. The van der Waals surface area contributed by atoms with E-state index >= 15 is 0 Å². The number of hydrogen-bond acceptors (Lipinski definition) is 3. The molecule has 0 heterocycles. The maximum Gasteiger partial charge on any atom is 0.255 e. The summed E-state index contributed by atoms with van der Waals surface area (Å²) in [6.07, 6.45) is 0. The van der Waals surface area contributed by atoms with Crippen LogP contribution in [0.1, 0.15) is 10.4 Å². The van der Waals surface area contributed by atoms with Crippen LogP contribution < -0.4 is 15.8 Å². The zero-order valence-electron chi connectivity index (χ0n) is 10.6. The fourth-order valence-electron chi connectivity index (χ4n) is 1.67. The van der Waals surface area contributed by atoms with Crippen LogP contribution in [0.25, 0.3) is 0 Å². The topological polar surface area (TPSA) is 64.3 Å². The van der Waals surface area contributed by atoms with E-state index in [0.717, 1.165) is 6.07 Å². The number of rotatable bonds is 3. The maximum atomic E-state index is 13.4. The van der Waals surface area contributed by atoms with Crippen molar-refractivity contribution >= 4 is 17.3 Å². The lowest BCUT2D eigenvalue weighted by Crippen LogP contribution is -2.14. The second-order valence-electron chi connectivity index (χ2n) is 4.01.